The first-order chi connectivity index (χ1) is 9.03. The quantitative estimate of drug-likeness (QED) is 0.418. The molecule has 100 valence electrons. The van der Waals surface area contributed by atoms with Crippen molar-refractivity contribution < 1.29 is 19.1 Å². The summed E-state index contributed by atoms with van der Waals surface area (Å²) in [7, 11) is 1.22. The summed E-state index contributed by atoms with van der Waals surface area (Å²) in [5.41, 5.74) is 0.0962. The normalized spacial score (nSPS) is 24.2. The van der Waals surface area contributed by atoms with Crippen LogP contribution in [0.3, 0.4) is 0 Å². The van der Waals surface area contributed by atoms with E-state index in [4.69, 9.17) is 4.74 Å². The van der Waals surface area contributed by atoms with Gasteiger partial charge >= 0.3 is 5.97 Å². The van der Waals surface area contributed by atoms with E-state index in [1.807, 2.05) is 0 Å². The third kappa shape index (κ3) is 2.05. The molecule has 1 heterocycles. The minimum Gasteiger partial charge on any atom is -0.468 e. The molecular weight excluding hydrogens is 248 g/mol. The van der Waals surface area contributed by atoms with Gasteiger partial charge in [0.1, 0.15) is 6.29 Å². The molecule has 0 bridgehead atoms. The van der Waals surface area contributed by atoms with Gasteiger partial charge < -0.3 is 20.2 Å². The van der Waals surface area contributed by atoms with Gasteiger partial charge in [-0.05, 0) is 12.2 Å². The van der Waals surface area contributed by atoms with Crippen LogP contribution >= 0.6 is 0 Å². The predicted molar refractivity (Wildman–Crippen MR) is 66.6 cm³/mol. The van der Waals surface area contributed by atoms with Crippen LogP contribution in [-0.4, -0.2) is 31.8 Å². The summed E-state index contributed by atoms with van der Waals surface area (Å²) in [6.45, 7) is 1.88. The molecule has 1 amide bonds. The molecule has 1 aliphatic carbocycles. The summed E-state index contributed by atoms with van der Waals surface area (Å²) in [6.07, 6.45) is 5.39. The molecule has 6 heteroatoms. The minimum atomic E-state index is -1.50. The summed E-state index contributed by atoms with van der Waals surface area (Å²) in [4.78, 5) is 34.6. The van der Waals surface area contributed by atoms with Crippen molar-refractivity contribution >= 4 is 18.2 Å². The molecule has 0 aromatic heterocycles. The summed E-state index contributed by atoms with van der Waals surface area (Å²) in [5.74, 6) is -0.955. The molecule has 2 rings (SSSR count). The Morgan fingerprint density at radius 3 is 2.84 bits per heavy atom. The fourth-order valence-electron chi connectivity index (χ4n) is 2.27. The van der Waals surface area contributed by atoms with Crippen molar-refractivity contribution in [2.45, 2.75) is 6.92 Å². The number of carbonyl (C=O) groups excluding carboxylic acids is 3. The molecule has 2 aliphatic rings. The molecule has 1 unspecified atom stereocenters. The highest BCUT2D eigenvalue weighted by molar-refractivity contribution is 6.02. The molecule has 0 fully saturated rings. The number of aldehydes is 1. The number of fused-ring (bicyclic) bond motifs is 1. The lowest BCUT2D eigenvalue weighted by Gasteiger charge is -2.28. The highest BCUT2D eigenvalue weighted by atomic mass is 16.5. The molecular formula is C13H14N2O4. The lowest BCUT2D eigenvalue weighted by Crippen LogP contribution is -2.39. The van der Waals surface area contributed by atoms with Crippen molar-refractivity contribution in [1.29, 1.82) is 0 Å². The van der Waals surface area contributed by atoms with Gasteiger partial charge in [-0.15, -0.1) is 0 Å². The van der Waals surface area contributed by atoms with Crippen molar-refractivity contribution in [2.24, 2.45) is 5.41 Å². The van der Waals surface area contributed by atoms with Crippen molar-refractivity contribution in [1.82, 2.24) is 10.6 Å². The van der Waals surface area contributed by atoms with Crippen LogP contribution in [0.1, 0.15) is 6.92 Å². The van der Waals surface area contributed by atoms with Gasteiger partial charge in [-0.1, -0.05) is 6.08 Å². The number of allylic oxidation sites excluding steroid dienone is 2. The Labute approximate surface area is 110 Å². The summed E-state index contributed by atoms with van der Waals surface area (Å²) >= 11 is 0. The van der Waals surface area contributed by atoms with E-state index in [2.05, 4.69) is 10.6 Å². The van der Waals surface area contributed by atoms with Crippen LogP contribution in [0.4, 0.5) is 0 Å². The number of amides is 1. The number of rotatable bonds is 3. The Morgan fingerprint density at radius 2 is 2.26 bits per heavy atom. The molecule has 0 radical (unpaired) electrons. The van der Waals surface area contributed by atoms with Crippen molar-refractivity contribution in [3.05, 3.63) is 35.2 Å². The largest absolute Gasteiger partial charge is 0.468 e. The number of hydrogen-bond donors (Lipinski definition) is 2. The predicted octanol–water partition coefficient (Wildman–Crippen LogP) is -0.208. The fraction of sp³-hybridized carbons (Fsp3) is 0.308. The zero-order valence-electron chi connectivity index (χ0n) is 10.6. The third-order valence-electron chi connectivity index (χ3n) is 3.05. The first-order valence-electron chi connectivity index (χ1n) is 5.75. The van der Waals surface area contributed by atoms with Gasteiger partial charge in [-0.2, -0.15) is 0 Å². The number of nitrogens with one attached hydrogen (secondary N) is 2. The molecule has 6 nitrogen and oxygen atoms in total. The van der Waals surface area contributed by atoms with Gasteiger partial charge in [0.25, 0.3) is 0 Å². The second kappa shape index (κ2) is 4.72. The van der Waals surface area contributed by atoms with Gasteiger partial charge in [-0.3, -0.25) is 9.59 Å². The Morgan fingerprint density at radius 1 is 1.53 bits per heavy atom. The molecule has 0 saturated carbocycles. The van der Waals surface area contributed by atoms with E-state index in [1.165, 1.54) is 20.1 Å². The SMILES string of the molecule is COC(=O)C1(C=O)C=C(NC(C)=O)C=C2NCC=C21. The monoisotopic (exact) mass is 262 g/mol. The van der Waals surface area contributed by atoms with Gasteiger partial charge in [0.2, 0.25) is 5.91 Å². The molecule has 2 N–H and O–H groups in total. The zero-order valence-corrected chi connectivity index (χ0v) is 10.6. The second-order valence-corrected chi connectivity index (χ2v) is 4.32. The van der Waals surface area contributed by atoms with Crippen LogP contribution in [0, 0.1) is 5.41 Å². The zero-order chi connectivity index (χ0) is 14.0. The molecule has 1 aliphatic heterocycles. The topological polar surface area (TPSA) is 84.5 Å². The van der Waals surface area contributed by atoms with Gasteiger partial charge in [0, 0.05) is 30.4 Å². The van der Waals surface area contributed by atoms with Crippen LogP contribution < -0.4 is 10.6 Å². The van der Waals surface area contributed by atoms with Crippen molar-refractivity contribution in [3.63, 3.8) is 0 Å². The van der Waals surface area contributed by atoms with Crippen LogP contribution in [0.25, 0.3) is 0 Å². The van der Waals surface area contributed by atoms with Gasteiger partial charge in [-0.25, -0.2) is 0 Å². The average molecular weight is 262 g/mol. The lowest BCUT2D eigenvalue weighted by atomic mass is 9.76. The number of hydrogen-bond acceptors (Lipinski definition) is 5. The van der Waals surface area contributed by atoms with E-state index >= 15 is 0 Å². The standard InChI is InChI=1S/C13H14N2O4/c1-8(17)15-9-5-11-10(3-4-14-11)13(6-9,7-16)12(18)19-2/h3,5-7,14H,4H2,1-2H3,(H,15,17). The van der Waals surface area contributed by atoms with Crippen LogP contribution in [0.5, 0.6) is 0 Å². The fourth-order valence-corrected chi connectivity index (χ4v) is 2.27. The summed E-state index contributed by atoms with van der Waals surface area (Å²) in [6, 6.07) is 0. The van der Waals surface area contributed by atoms with Crippen LogP contribution in [-0.2, 0) is 19.1 Å². The van der Waals surface area contributed by atoms with Crippen molar-refractivity contribution in [3.8, 4) is 0 Å². The lowest BCUT2D eigenvalue weighted by molar-refractivity contribution is -0.149. The maximum absolute atomic E-state index is 12.0. The van der Waals surface area contributed by atoms with E-state index in [-0.39, 0.29) is 5.91 Å². The summed E-state index contributed by atoms with van der Waals surface area (Å²) in [5, 5.41) is 5.61. The van der Waals surface area contributed by atoms with Gasteiger partial charge in [0.15, 0.2) is 5.41 Å². The molecule has 1 atom stereocenters. The molecule has 0 aromatic rings. The molecule has 0 saturated heterocycles. The van der Waals surface area contributed by atoms with E-state index in [0.29, 0.717) is 29.8 Å². The van der Waals surface area contributed by atoms with E-state index in [9.17, 15) is 14.4 Å². The van der Waals surface area contributed by atoms with Crippen molar-refractivity contribution in [2.75, 3.05) is 13.7 Å². The minimum absolute atomic E-state index is 0.279. The third-order valence-corrected chi connectivity index (χ3v) is 3.05. The average Bonchev–Trinajstić information content (AvgIpc) is 2.84. The Bertz CT molecular complexity index is 545. The number of esters is 1. The highest BCUT2D eigenvalue weighted by Crippen LogP contribution is 2.39. The Balaban J connectivity index is 2.53. The second-order valence-electron chi connectivity index (χ2n) is 4.32. The highest BCUT2D eigenvalue weighted by Gasteiger charge is 2.46. The molecule has 0 aromatic carbocycles. The number of carbonyl (C=O) groups is 3. The van der Waals surface area contributed by atoms with E-state index < -0.39 is 11.4 Å². The smallest absolute Gasteiger partial charge is 0.327 e. The maximum atomic E-state index is 12.0. The van der Waals surface area contributed by atoms with Crippen LogP contribution in [0.15, 0.2) is 35.2 Å². The first-order valence-corrected chi connectivity index (χ1v) is 5.75. The molecule has 0 spiro atoms. The number of ether oxygens (including phenoxy) is 1. The Hall–Kier alpha value is -2.37. The van der Waals surface area contributed by atoms with Gasteiger partial charge in [0.05, 0.1) is 7.11 Å². The Kier molecular flexibility index (Phi) is 3.25. The number of methoxy groups -OCH3 is 1. The van der Waals surface area contributed by atoms with E-state index in [0.717, 1.165) is 0 Å². The molecule has 19 heavy (non-hydrogen) atoms. The summed E-state index contributed by atoms with van der Waals surface area (Å²) < 4.78 is 4.72. The van der Waals surface area contributed by atoms with Crippen LogP contribution in [0.2, 0.25) is 0 Å². The van der Waals surface area contributed by atoms with E-state index in [1.54, 1.807) is 12.2 Å². The maximum Gasteiger partial charge on any atom is 0.327 e. The first kappa shape index (κ1) is 13.1.